The van der Waals surface area contributed by atoms with E-state index in [0.717, 1.165) is 17.6 Å². The standard InChI is InChI=1S/C13H20N2S2/c1-9-4-6-15(7-5-9)13-14-12(10-2-3-10)11(8-16)17-13/h9-10,16H,2-8H2,1H3. The van der Waals surface area contributed by atoms with Gasteiger partial charge in [-0.15, -0.1) is 11.3 Å². The second kappa shape index (κ2) is 4.81. The SMILES string of the molecule is CC1CCN(c2nc(C3CC3)c(CS)s2)CC1. The monoisotopic (exact) mass is 268 g/mol. The van der Waals surface area contributed by atoms with Crippen LogP contribution in [0.25, 0.3) is 0 Å². The average Bonchev–Trinajstić information content (AvgIpc) is 3.10. The minimum absolute atomic E-state index is 0.755. The van der Waals surface area contributed by atoms with Gasteiger partial charge in [-0.05, 0) is 31.6 Å². The number of hydrogen-bond donors (Lipinski definition) is 1. The van der Waals surface area contributed by atoms with Gasteiger partial charge in [-0.3, -0.25) is 0 Å². The maximum Gasteiger partial charge on any atom is 0.185 e. The minimum atomic E-state index is 0.755. The van der Waals surface area contributed by atoms with Gasteiger partial charge in [-0.1, -0.05) is 6.92 Å². The second-order valence-corrected chi connectivity index (χ2v) is 6.79. The number of thiazole rings is 1. The first-order valence-corrected chi connectivity index (χ1v) is 8.08. The van der Waals surface area contributed by atoms with Crippen LogP contribution in [0.3, 0.4) is 0 Å². The van der Waals surface area contributed by atoms with E-state index < -0.39 is 0 Å². The number of thiol groups is 1. The van der Waals surface area contributed by atoms with Crippen LogP contribution in [0.15, 0.2) is 0 Å². The van der Waals surface area contributed by atoms with Crippen molar-refractivity contribution in [3.63, 3.8) is 0 Å². The molecular formula is C13H20N2S2. The topological polar surface area (TPSA) is 16.1 Å². The van der Waals surface area contributed by atoms with Gasteiger partial charge in [-0.2, -0.15) is 12.6 Å². The number of aromatic nitrogens is 1. The molecule has 2 nitrogen and oxygen atoms in total. The molecule has 4 heteroatoms. The van der Waals surface area contributed by atoms with Gasteiger partial charge in [0.05, 0.1) is 5.69 Å². The third kappa shape index (κ3) is 2.48. The third-order valence-electron chi connectivity index (χ3n) is 3.88. The zero-order valence-corrected chi connectivity index (χ0v) is 12.1. The van der Waals surface area contributed by atoms with Crippen LogP contribution >= 0.6 is 24.0 Å². The zero-order chi connectivity index (χ0) is 11.8. The van der Waals surface area contributed by atoms with Crippen molar-refractivity contribution in [1.82, 2.24) is 4.98 Å². The van der Waals surface area contributed by atoms with Gasteiger partial charge in [0.15, 0.2) is 5.13 Å². The molecule has 1 aliphatic carbocycles. The summed E-state index contributed by atoms with van der Waals surface area (Å²) in [4.78, 5) is 8.77. The highest BCUT2D eigenvalue weighted by atomic mass is 32.1. The van der Waals surface area contributed by atoms with Crippen molar-refractivity contribution in [2.75, 3.05) is 18.0 Å². The van der Waals surface area contributed by atoms with Crippen LogP contribution in [0.5, 0.6) is 0 Å². The van der Waals surface area contributed by atoms with Crippen molar-refractivity contribution in [3.8, 4) is 0 Å². The quantitative estimate of drug-likeness (QED) is 0.842. The molecule has 2 fully saturated rings. The zero-order valence-electron chi connectivity index (χ0n) is 10.4. The molecule has 1 saturated heterocycles. The van der Waals surface area contributed by atoms with Gasteiger partial charge < -0.3 is 4.90 Å². The first-order valence-electron chi connectivity index (χ1n) is 6.63. The molecule has 17 heavy (non-hydrogen) atoms. The fourth-order valence-corrected chi connectivity index (χ4v) is 3.89. The first-order chi connectivity index (χ1) is 8.28. The maximum atomic E-state index is 4.89. The Balaban J connectivity index is 1.78. The summed E-state index contributed by atoms with van der Waals surface area (Å²) in [7, 11) is 0. The molecule has 2 heterocycles. The summed E-state index contributed by atoms with van der Waals surface area (Å²) in [5, 5.41) is 1.25. The number of rotatable bonds is 3. The lowest BCUT2D eigenvalue weighted by molar-refractivity contribution is 0.438. The van der Waals surface area contributed by atoms with Crippen LogP contribution < -0.4 is 4.90 Å². The molecular weight excluding hydrogens is 248 g/mol. The lowest BCUT2D eigenvalue weighted by Crippen LogP contribution is -2.32. The molecule has 0 N–H and O–H groups in total. The number of anilines is 1. The Labute approximate surface area is 113 Å². The van der Waals surface area contributed by atoms with Gasteiger partial charge in [0.1, 0.15) is 0 Å². The van der Waals surface area contributed by atoms with Gasteiger partial charge in [0.2, 0.25) is 0 Å². The summed E-state index contributed by atoms with van der Waals surface area (Å²) in [6, 6.07) is 0. The van der Waals surface area contributed by atoms with E-state index in [1.165, 1.54) is 54.5 Å². The minimum Gasteiger partial charge on any atom is -0.348 e. The Morgan fingerprint density at radius 3 is 2.59 bits per heavy atom. The molecule has 0 radical (unpaired) electrons. The van der Waals surface area contributed by atoms with E-state index in [1.54, 1.807) is 0 Å². The Kier molecular flexibility index (Phi) is 3.35. The Morgan fingerprint density at radius 1 is 1.29 bits per heavy atom. The maximum absolute atomic E-state index is 4.89. The van der Waals surface area contributed by atoms with Gasteiger partial charge in [-0.25, -0.2) is 4.98 Å². The fraction of sp³-hybridized carbons (Fsp3) is 0.769. The summed E-state index contributed by atoms with van der Waals surface area (Å²) in [5.74, 6) is 2.50. The number of piperidine rings is 1. The predicted molar refractivity (Wildman–Crippen MR) is 77.4 cm³/mol. The summed E-state index contributed by atoms with van der Waals surface area (Å²) >= 11 is 6.32. The lowest BCUT2D eigenvalue weighted by Gasteiger charge is -2.29. The van der Waals surface area contributed by atoms with E-state index >= 15 is 0 Å². The average molecular weight is 268 g/mol. The van der Waals surface area contributed by atoms with Crippen molar-refractivity contribution in [2.24, 2.45) is 5.92 Å². The van der Waals surface area contributed by atoms with Crippen molar-refractivity contribution in [3.05, 3.63) is 10.6 Å². The molecule has 0 spiro atoms. The summed E-state index contributed by atoms with van der Waals surface area (Å²) in [6.07, 6.45) is 5.30. The van der Waals surface area contributed by atoms with Gasteiger partial charge >= 0.3 is 0 Å². The molecule has 0 aromatic carbocycles. The van der Waals surface area contributed by atoms with E-state index in [4.69, 9.17) is 4.98 Å². The molecule has 1 saturated carbocycles. The van der Waals surface area contributed by atoms with E-state index in [1.807, 2.05) is 11.3 Å². The molecule has 1 aliphatic heterocycles. The normalized spacial score (nSPS) is 22.1. The number of hydrogen-bond acceptors (Lipinski definition) is 4. The molecule has 3 rings (SSSR count). The smallest absolute Gasteiger partial charge is 0.185 e. The summed E-state index contributed by atoms with van der Waals surface area (Å²) < 4.78 is 0. The highest BCUT2D eigenvalue weighted by Crippen LogP contribution is 2.44. The van der Waals surface area contributed by atoms with Crippen molar-refractivity contribution >= 4 is 29.1 Å². The van der Waals surface area contributed by atoms with Gasteiger partial charge in [0.25, 0.3) is 0 Å². The molecule has 1 aromatic rings. The molecule has 94 valence electrons. The molecule has 0 bridgehead atoms. The van der Waals surface area contributed by atoms with Crippen LogP contribution in [0.1, 0.15) is 49.1 Å². The van der Waals surface area contributed by atoms with Crippen LogP contribution in [0, 0.1) is 5.92 Å². The fourth-order valence-electron chi connectivity index (χ4n) is 2.47. The molecule has 2 aliphatic rings. The van der Waals surface area contributed by atoms with Crippen molar-refractivity contribution in [1.29, 1.82) is 0 Å². The Bertz CT molecular complexity index is 390. The van der Waals surface area contributed by atoms with E-state index in [9.17, 15) is 0 Å². The van der Waals surface area contributed by atoms with Crippen molar-refractivity contribution < 1.29 is 0 Å². The lowest BCUT2D eigenvalue weighted by atomic mass is 10.00. The van der Waals surface area contributed by atoms with Gasteiger partial charge in [0, 0.05) is 29.6 Å². The molecule has 0 amide bonds. The van der Waals surface area contributed by atoms with E-state index in [-0.39, 0.29) is 0 Å². The Morgan fingerprint density at radius 2 is 2.00 bits per heavy atom. The Hall–Kier alpha value is -0.220. The van der Waals surface area contributed by atoms with Crippen LogP contribution in [0.2, 0.25) is 0 Å². The van der Waals surface area contributed by atoms with E-state index in [2.05, 4.69) is 24.5 Å². The molecule has 0 atom stereocenters. The molecule has 0 unspecified atom stereocenters. The van der Waals surface area contributed by atoms with E-state index in [0.29, 0.717) is 0 Å². The third-order valence-corrected chi connectivity index (χ3v) is 5.54. The molecule has 1 aromatic heterocycles. The highest BCUT2D eigenvalue weighted by Gasteiger charge is 2.30. The van der Waals surface area contributed by atoms with Crippen LogP contribution in [-0.2, 0) is 5.75 Å². The van der Waals surface area contributed by atoms with Crippen LogP contribution in [-0.4, -0.2) is 18.1 Å². The summed E-state index contributed by atoms with van der Waals surface area (Å²) in [5.41, 5.74) is 1.36. The predicted octanol–water partition coefficient (Wildman–Crippen LogP) is 3.69. The first kappa shape index (κ1) is 11.8. The van der Waals surface area contributed by atoms with Crippen molar-refractivity contribution in [2.45, 2.75) is 44.3 Å². The van der Waals surface area contributed by atoms with Crippen LogP contribution in [0.4, 0.5) is 5.13 Å². The summed E-state index contributed by atoms with van der Waals surface area (Å²) in [6.45, 7) is 4.73. The highest BCUT2D eigenvalue weighted by molar-refractivity contribution is 7.79. The second-order valence-electron chi connectivity index (χ2n) is 5.41. The number of nitrogens with zero attached hydrogens (tertiary/aromatic N) is 2. The largest absolute Gasteiger partial charge is 0.348 e.